The molecular formula is C8H6N2O2S. The van der Waals surface area contributed by atoms with Crippen molar-refractivity contribution in [3.63, 3.8) is 0 Å². The second kappa shape index (κ2) is 3.02. The fourth-order valence-electron chi connectivity index (χ4n) is 1.03. The Hall–Kier alpha value is -1.62. The molecule has 0 fully saturated rings. The Morgan fingerprint density at radius 3 is 2.77 bits per heavy atom. The molecule has 2 rings (SSSR count). The number of hydrogen-bond donors (Lipinski definition) is 2. The average molecular weight is 194 g/mol. The van der Waals surface area contributed by atoms with Gasteiger partial charge in [-0.15, -0.1) is 11.3 Å². The van der Waals surface area contributed by atoms with Crippen LogP contribution in [0.2, 0.25) is 0 Å². The number of thiophene rings is 1. The highest BCUT2D eigenvalue weighted by Crippen LogP contribution is 2.19. The van der Waals surface area contributed by atoms with Crippen molar-refractivity contribution in [1.29, 1.82) is 0 Å². The molecule has 0 saturated heterocycles. The zero-order valence-electron chi connectivity index (χ0n) is 6.53. The summed E-state index contributed by atoms with van der Waals surface area (Å²) in [5.74, 6) is 0. The van der Waals surface area contributed by atoms with Gasteiger partial charge in [-0.1, -0.05) is 6.07 Å². The van der Waals surface area contributed by atoms with Gasteiger partial charge in [-0.3, -0.25) is 19.8 Å². The third-order valence-corrected chi connectivity index (χ3v) is 2.51. The first kappa shape index (κ1) is 8.00. The van der Waals surface area contributed by atoms with Crippen LogP contribution in [-0.4, -0.2) is 10.2 Å². The molecule has 2 aromatic rings. The van der Waals surface area contributed by atoms with Crippen LogP contribution in [0.3, 0.4) is 0 Å². The van der Waals surface area contributed by atoms with Crippen LogP contribution in [0.25, 0.3) is 10.4 Å². The van der Waals surface area contributed by atoms with Crippen LogP contribution >= 0.6 is 11.3 Å². The molecule has 0 radical (unpaired) electrons. The van der Waals surface area contributed by atoms with E-state index in [9.17, 15) is 9.59 Å². The molecule has 0 saturated carbocycles. The van der Waals surface area contributed by atoms with Gasteiger partial charge < -0.3 is 0 Å². The van der Waals surface area contributed by atoms with E-state index >= 15 is 0 Å². The molecule has 0 atom stereocenters. The summed E-state index contributed by atoms with van der Waals surface area (Å²) in [5.41, 5.74) is -0.163. The van der Waals surface area contributed by atoms with E-state index < -0.39 is 0 Å². The van der Waals surface area contributed by atoms with E-state index in [0.29, 0.717) is 5.56 Å². The van der Waals surface area contributed by atoms with Gasteiger partial charge in [0.25, 0.3) is 11.1 Å². The highest BCUT2D eigenvalue weighted by molar-refractivity contribution is 7.13. The average Bonchev–Trinajstić information content (AvgIpc) is 2.61. The van der Waals surface area contributed by atoms with Crippen molar-refractivity contribution in [2.45, 2.75) is 0 Å². The van der Waals surface area contributed by atoms with Gasteiger partial charge in [0.2, 0.25) is 0 Å². The van der Waals surface area contributed by atoms with E-state index in [4.69, 9.17) is 0 Å². The van der Waals surface area contributed by atoms with Crippen LogP contribution in [0.5, 0.6) is 0 Å². The van der Waals surface area contributed by atoms with Crippen molar-refractivity contribution in [2.75, 3.05) is 0 Å². The second-order valence-electron chi connectivity index (χ2n) is 2.48. The molecule has 0 aromatic carbocycles. The van der Waals surface area contributed by atoms with Gasteiger partial charge in [-0.05, 0) is 11.4 Å². The summed E-state index contributed by atoms with van der Waals surface area (Å²) in [5, 5.41) is 6.34. The topological polar surface area (TPSA) is 65.7 Å². The smallest absolute Gasteiger partial charge is 0.268 e. The molecule has 0 spiro atoms. The third-order valence-electron chi connectivity index (χ3n) is 1.61. The van der Waals surface area contributed by atoms with Crippen molar-refractivity contribution >= 4 is 11.3 Å². The number of nitrogens with one attached hydrogen (secondary N) is 2. The number of hydrogen-bond acceptors (Lipinski definition) is 3. The molecule has 2 aromatic heterocycles. The summed E-state index contributed by atoms with van der Waals surface area (Å²) >= 11 is 1.43. The predicted octanol–water partition coefficient (Wildman–Crippen LogP) is 0.792. The van der Waals surface area contributed by atoms with Gasteiger partial charge in [-0.25, -0.2) is 0 Å². The van der Waals surface area contributed by atoms with Crippen molar-refractivity contribution in [1.82, 2.24) is 10.2 Å². The van der Waals surface area contributed by atoms with Crippen LogP contribution in [0.15, 0.2) is 33.2 Å². The Morgan fingerprint density at radius 2 is 2.08 bits per heavy atom. The van der Waals surface area contributed by atoms with E-state index in [0.717, 1.165) is 4.88 Å². The van der Waals surface area contributed by atoms with Crippen LogP contribution in [-0.2, 0) is 0 Å². The number of aromatic nitrogens is 2. The minimum Gasteiger partial charge on any atom is -0.268 e. The Labute approximate surface area is 76.9 Å². The first-order chi connectivity index (χ1) is 6.27. The lowest BCUT2D eigenvalue weighted by molar-refractivity contribution is 0.956. The normalized spacial score (nSPS) is 10.2. The van der Waals surface area contributed by atoms with Gasteiger partial charge in [-0.2, -0.15) is 0 Å². The van der Waals surface area contributed by atoms with Gasteiger partial charge >= 0.3 is 0 Å². The fourth-order valence-corrected chi connectivity index (χ4v) is 1.77. The fraction of sp³-hybridized carbons (Fsp3) is 0. The zero-order chi connectivity index (χ0) is 9.26. The minimum atomic E-state index is -0.303. The quantitative estimate of drug-likeness (QED) is 0.704. The molecule has 5 heteroatoms. The van der Waals surface area contributed by atoms with Gasteiger partial charge in [0, 0.05) is 10.9 Å². The summed E-state index contributed by atoms with van der Waals surface area (Å²) in [6, 6.07) is 4.93. The van der Waals surface area contributed by atoms with E-state index in [2.05, 4.69) is 10.2 Å². The van der Waals surface area contributed by atoms with Crippen LogP contribution in [0, 0.1) is 0 Å². The van der Waals surface area contributed by atoms with Gasteiger partial charge in [0.1, 0.15) is 0 Å². The maximum atomic E-state index is 11.3. The molecule has 13 heavy (non-hydrogen) atoms. The van der Waals surface area contributed by atoms with Crippen molar-refractivity contribution in [3.8, 4) is 10.4 Å². The van der Waals surface area contributed by atoms with E-state index in [-0.39, 0.29) is 11.1 Å². The molecule has 0 unspecified atom stereocenters. The number of rotatable bonds is 1. The molecule has 2 N–H and O–H groups in total. The second-order valence-corrected chi connectivity index (χ2v) is 3.43. The number of H-pyrrole nitrogens is 2. The summed E-state index contributed by atoms with van der Waals surface area (Å²) in [4.78, 5) is 23.0. The minimum absolute atomic E-state index is 0.276. The molecule has 66 valence electrons. The van der Waals surface area contributed by atoms with Gasteiger partial charge in [0.05, 0.1) is 5.56 Å². The monoisotopic (exact) mass is 194 g/mol. The molecule has 0 aliphatic rings. The first-order valence-corrected chi connectivity index (χ1v) is 4.51. The summed E-state index contributed by atoms with van der Waals surface area (Å²) in [6.45, 7) is 0. The largest absolute Gasteiger partial charge is 0.271 e. The Bertz CT molecular complexity index is 509. The molecule has 4 nitrogen and oxygen atoms in total. The van der Waals surface area contributed by atoms with Gasteiger partial charge in [0.15, 0.2) is 0 Å². The lowest BCUT2D eigenvalue weighted by Crippen LogP contribution is -2.18. The molecule has 0 amide bonds. The Kier molecular flexibility index (Phi) is 1.86. The van der Waals surface area contributed by atoms with Crippen molar-refractivity contribution in [3.05, 3.63) is 44.3 Å². The molecule has 0 aliphatic carbocycles. The maximum absolute atomic E-state index is 11.3. The Balaban J connectivity index is 2.71. The Morgan fingerprint density at radius 1 is 1.23 bits per heavy atom. The highest BCUT2D eigenvalue weighted by atomic mass is 32.1. The lowest BCUT2D eigenvalue weighted by atomic mass is 10.2. The summed E-state index contributed by atoms with van der Waals surface area (Å²) in [7, 11) is 0. The predicted molar refractivity (Wildman–Crippen MR) is 51.0 cm³/mol. The molecular weight excluding hydrogens is 188 g/mol. The van der Waals surface area contributed by atoms with Crippen LogP contribution in [0.1, 0.15) is 0 Å². The first-order valence-electron chi connectivity index (χ1n) is 3.63. The molecule has 0 bridgehead atoms. The highest BCUT2D eigenvalue weighted by Gasteiger charge is 2.03. The van der Waals surface area contributed by atoms with Crippen molar-refractivity contribution in [2.24, 2.45) is 0 Å². The van der Waals surface area contributed by atoms with E-state index in [1.165, 1.54) is 17.4 Å². The van der Waals surface area contributed by atoms with Crippen LogP contribution < -0.4 is 11.1 Å². The standard InChI is InChI=1S/C8H6N2O2S/c11-7-4-5(8(12)10-9-7)6-2-1-3-13-6/h1-4H,(H,9,11)(H,10,12). The molecule has 0 aliphatic heterocycles. The summed E-state index contributed by atoms with van der Waals surface area (Å²) < 4.78 is 0. The SMILES string of the molecule is O=c1cc(-c2cccs2)c(=O)[nH][nH]1. The maximum Gasteiger partial charge on any atom is 0.271 e. The van der Waals surface area contributed by atoms with E-state index in [1.807, 2.05) is 11.4 Å². The van der Waals surface area contributed by atoms with E-state index in [1.54, 1.807) is 6.07 Å². The van der Waals surface area contributed by atoms with Crippen LogP contribution in [0.4, 0.5) is 0 Å². The van der Waals surface area contributed by atoms with Crippen molar-refractivity contribution < 1.29 is 0 Å². The number of aromatic amines is 2. The molecule has 2 heterocycles. The third kappa shape index (κ3) is 1.46. The zero-order valence-corrected chi connectivity index (χ0v) is 7.35. The summed E-state index contributed by atoms with van der Waals surface area (Å²) in [6.07, 6.45) is 0. The lowest BCUT2D eigenvalue weighted by Gasteiger charge is -1.92.